The molecule has 458 valence electrons. The number of aliphatic hydroxyl groups is 1. The van der Waals surface area contributed by atoms with Crippen LogP contribution in [0.15, 0.2) is 35.9 Å². The fraction of sp³-hybridized carbons (Fsp3) is 0.690. The van der Waals surface area contributed by atoms with Crippen LogP contribution in [0.4, 0.5) is 10.5 Å². The molecule has 82 heavy (non-hydrogen) atoms. The number of imide groups is 1. The van der Waals surface area contributed by atoms with Crippen LogP contribution in [-0.4, -0.2) is 188 Å². The molecule has 9 atom stereocenters. The number of thioether (sulfide) groups is 1. The molecule has 24 heteroatoms. The number of likely N-dealkylation sites (N-methyl/N-ethyl adjacent to an activating group) is 1. The third-order valence-electron chi connectivity index (χ3n) is 14.9. The quantitative estimate of drug-likeness (QED) is 0.0353. The van der Waals surface area contributed by atoms with Gasteiger partial charge in [0.15, 0.2) is 5.72 Å². The van der Waals surface area contributed by atoms with Gasteiger partial charge < -0.3 is 58.1 Å². The predicted molar refractivity (Wildman–Crippen MR) is 306 cm³/mol. The molecule has 3 saturated heterocycles. The molecule has 22 nitrogen and oxygen atoms in total. The fourth-order valence-corrected chi connectivity index (χ4v) is 11.8. The molecule has 0 spiro atoms. The van der Waals surface area contributed by atoms with Crippen LogP contribution in [0.25, 0.3) is 0 Å². The number of epoxide rings is 1. The maximum absolute atomic E-state index is 14.4. The number of fused-ring (bicyclic) bond motifs is 5. The van der Waals surface area contributed by atoms with Crippen LogP contribution in [0.3, 0.4) is 0 Å². The number of alkyl carbamates (subject to hydrolysis) is 1. The summed E-state index contributed by atoms with van der Waals surface area (Å²) in [5, 5.41) is 16.7. The van der Waals surface area contributed by atoms with Crippen molar-refractivity contribution in [1.29, 1.82) is 0 Å². The lowest BCUT2D eigenvalue weighted by molar-refractivity contribution is -0.162. The van der Waals surface area contributed by atoms with E-state index in [4.69, 9.17) is 49.5 Å². The number of methoxy groups -OCH3 is 2. The monoisotopic (exact) mass is 1190 g/mol. The van der Waals surface area contributed by atoms with Crippen molar-refractivity contribution in [2.24, 2.45) is 5.92 Å². The SMILES string of the molecule is COc1cc2cc(c1Cl)N(C)C(=O)C[C@H](OC(=O)[C@H](C)N(C)C(=O)CCC(C)(C)SC1CC(=O)N(CCCC(=O)NCCOCCOCCCC(=O)OC(C)(C)C)C1=O)[C@]1(C)O[C@H]1[C@H](C)[C@@H]1C[C@@](O)(NC(=O)O1)[C@H](OC)/C=C/C=C(\C)C2. The van der Waals surface area contributed by atoms with Gasteiger partial charge in [0.05, 0.1) is 50.4 Å². The number of carbonyl (C=O) groups is 8. The van der Waals surface area contributed by atoms with Crippen LogP contribution >= 0.6 is 23.4 Å². The second-order valence-corrected chi connectivity index (χ2v) is 25.5. The van der Waals surface area contributed by atoms with Crippen molar-refractivity contribution < 1.29 is 81.4 Å². The zero-order valence-electron chi connectivity index (χ0n) is 49.8. The molecule has 4 aliphatic rings. The van der Waals surface area contributed by atoms with Crippen molar-refractivity contribution in [3.8, 4) is 5.75 Å². The molecule has 6 amide bonds. The summed E-state index contributed by atoms with van der Waals surface area (Å²) in [6.45, 7) is 17.7. The van der Waals surface area contributed by atoms with Crippen molar-refractivity contribution in [2.75, 3.05) is 72.7 Å². The van der Waals surface area contributed by atoms with Gasteiger partial charge in [-0.3, -0.25) is 39.0 Å². The molecule has 4 bridgehead atoms. The maximum atomic E-state index is 14.4. The molecule has 0 aliphatic carbocycles. The van der Waals surface area contributed by atoms with Crippen molar-refractivity contribution in [3.05, 3.63) is 46.5 Å². The molecular formula is C58H86ClN5O17S. The number of esters is 2. The molecule has 1 aromatic rings. The van der Waals surface area contributed by atoms with E-state index in [0.717, 1.165) is 11.1 Å². The number of nitrogens with zero attached hydrogens (tertiary/aromatic N) is 3. The molecule has 1 unspecified atom stereocenters. The summed E-state index contributed by atoms with van der Waals surface area (Å²) >= 11 is 8.13. The zero-order chi connectivity index (χ0) is 60.9. The highest BCUT2D eigenvalue weighted by Gasteiger charge is 2.64. The van der Waals surface area contributed by atoms with Gasteiger partial charge in [0.2, 0.25) is 29.5 Å². The minimum atomic E-state index is -1.89. The van der Waals surface area contributed by atoms with Crippen molar-refractivity contribution in [3.63, 3.8) is 0 Å². The van der Waals surface area contributed by atoms with Crippen molar-refractivity contribution in [1.82, 2.24) is 20.4 Å². The summed E-state index contributed by atoms with van der Waals surface area (Å²) in [7, 11) is 5.90. The molecule has 3 fully saturated rings. The van der Waals surface area contributed by atoms with Gasteiger partial charge in [0.1, 0.15) is 46.3 Å². The number of likely N-dealkylation sites (tertiary alicyclic amines) is 1. The van der Waals surface area contributed by atoms with Crippen LogP contribution in [0, 0.1) is 5.92 Å². The van der Waals surface area contributed by atoms with E-state index in [-0.39, 0.29) is 93.4 Å². The van der Waals surface area contributed by atoms with Gasteiger partial charge in [-0.15, -0.1) is 11.8 Å². The summed E-state index contributed by atoms with van der Waals surface area (Å²) in [5.74, 6) is -3.20. The van der Waals surface area contributed by atoms with E-state index in [0.29, 0.717) is 44.1 Å². The first-order valence-corrected chi connectivity index (χ1v) is 29.2. The summed E-state index contributed by atoms with van der Waals surface area (Å²) in [6, 6.07) is 2.39. The smallest absolute Gasteiger partial charge is 0.409 e. The Morgan fingerprint density at radius 1 is 0.988 bits per heavy atom. The van der Waals surface area contributed by atoms with E-state index in [1.54, 1.807) is 45.2 Å². The Bertz CT molecular complexity index is 2540. The minimum Gasteiger partial charge on any atom is -0.495 e. The minimum absolute atomic E-state index is 0.0231. The number of rotatable bonds is 24. The zero-order valence-corrected chi connectivity index (χ0v) is 51.4. The fourth-order valence-electron chi connectivity index (χ4n) is 10.0. The summed E-state index contributed by atoms with van der Waals surface area (Å²) in [5.41, 5.74) is -1.73. The van der Waals surface area contributed by atoms with Gasteiger partial charge >= 0.3 is 18.0 Å². The van der Waals surface area contributed by atoms with E-state index in [1.807, 2.05) is 47.6 Å². The van der Waals surface area contributed by atoms with E-state index in [2.05, 4.69) is 10.6 Å². The van der Waals surface area contributed by atoms with Gasteiger partial charge in [-0.2, -0.15) is 0 Å². The number of anilines is 1. The Morgan fingerprint density at radius 3 is 2.35 bits per heavy atom. The maximum Gasteiger partial charge on any atom is 0.409 e. The molecule has 0 aromatic heterocycles. The topological polar surface area (TPSA) is 268 Å². The Morgan fingerprint density at radius 2 is 1.68 bits per heavy atom. The van der Waals surface area contributed by atoms with Gasteiger partial charge in [0, 0.05) is 83.7 Å². The Balaban J connectivity index is 1.15. The second-order valence-electron chi connectivity index (χ2n) is 23.2. The highest BCUT2D eigenvalue weighted by Crippen LogP contribution is 2.49. The first-order chi connectivity index (χ1) is 38.4. The molecule has 3 N–H and O–H groups in total. The normalized spacial score (nSPS) is 26.6. The number of carbonyl (C=O) groups excluding carboxylic acids is 8. The van der Waals surface area contributed by atoms with E-state index >= 15 is 0 Å². The van der Waals surface area contributed by atoms with Crippen molar-refractivity contribution >= 4 is 76.6 Å². The number of allylic oxidation sites excluding steroid dienone is 3. The Kier molecular flexibility index (Phi) is 24.3. The lowest BCUT2D eigenvalue weighted by Crippen LogP contribution is -2.63. The van der Waals surface area contributed by atoms with Crippen LogP contribution in [-0.2, 0) is 73.1 Å². The van der Waals surface area contributed by atoms with Gasteiger partial charge in [0.25, 0.3) is 0 Å². The Labute approximate surface area is 491 Å². The number of ether oxygens (including phenoxy) is 8. The number of hydrogen-bond donors (Lipinski definition) is 3. The highest BCUT2D eigenvalue weighted by molar-refractivity contribution is 8.02. The van der Waals surface area contributed by atoms with Gasteiger partial charge in [-0.1, -0.05) is 56.2 Å². The molecule has 0 radical (unpaired) electrons. The molecule has 1 aromatic carbocycles. The van der Waals surface area contributed by atoms with E-state index in [1.165, 1.54) is 54.7 Å². The summed E-state index contributed by atoms with van der Waals surface area (Å²) in [6.07, 6.45) is 1.75. The number of amides is 6. The number of benzene rings is 1. The molecule has 5 rings (SSSR count). The summed E-state index contributed by atoms with van der Waals surface area (Å²) in [4.78, 5) is 110. The first-order valence-electron chi connectivity index (χ1n) is 27.9. The number of hydrogen-bond acceptors (Lipinski definition) is 18. The first kappa shape index (κ1) is 67.5. The molecule has 4 heterocycles. The van der Waals surface area contributed by atoms with Gasteiger partial charge in [-0.05, 0) is 84.9 Å². The van der Waals surface area contributed by atoms with Crippen molar-refractivity contribution in [2.45, 2.75) is 184 Å². The third-order valence-corrected chi connectivity index (χ3v) is 16.8. The summed E-state index contributed by atoms with van der Waals surface area (Å²) < 4.78 is 45.1. The predicted octanol–water partition coefficient (Wildman–Crippen LogP) is 5.99. The number of halogens is 1. The highest BCUT2D eigenvalue weighted by atomic mass is 35.5. The van der Waals surface area contributed by atoms with Crippen LogP contribution in [0.5, 0.6) is 5.75 Å². The lowest BCUT2D eigenvalue weighted by atomic mass is 9.83. The molecular weight excluding hydrogens is 1110 g/mol. The largest absolute Gasteiger partial charge is 0.495 e. The average molecular weight is 1190 g/mol. The number of nitrogens with one attached hydrogen (secondary N) is 2. The average Bonchev–Trinajstić information content (AvgIpc) is 4.22. The molecule has 4 aliphatic heterocycles. The molecule has 0 saturated carbocycles. The lowest BCUT2D eigenvalue weighted by Gasteiger charge is -2.42. The van der Waals surface area contributed by atoms with E-state index < -0.39 is 93.6 Å². The second kappa shape index (κ2) is 29.5. The van der Waals surface area contributed by atoms with Gasteiger partial charge in [-0.25, -0.2) is 9.59 Å². The standard InChI is InChI=1S/C58H86ClN5O17S/c1-35-17-14-18-43(75-13)58(73)34-41(78-54(72)61-58)36(2)51-57(9,81-51)44(33-47(67)63(11)39-30-38(29-35)31-40(74-12)50(39)59)79-53(71)37(3)62(10)46(66)21-22-56(7,8)82-42-32-48(68)64(52(42)70)24-15-19-45(65)60-23-26-77-28-27-76-25-16-20-49(69)80-55(4,5)6/h14,17-18,30-31,36-37,41-44,51,73H,15-16,19-29,32-34H2,1-13H3,(H,60,65)(H,61,72)/b18-14+,35-17+/t36-,37+,41+,42?,43-,44+,51+,57+,58+/m1/s1. The third kappa shape index (κ3) is 18.9. The van der Waals surface area contributed by atoms with E-state index in [9.17, 15) is 43.5 Å². The Hall–Kier alpha value is -5.30. The van der Waals surface area contributed by atoms with Crippen LogP contribution < -0.4 is 20.3 Å². The van der Waals surface area contributed by atoms with Crippen LogP contribution in [0.1, 0.15) is 126 Å². The van der Waals surface area contributed by atoms with Crippen LogP contribution in [0.2, 0.25) is 5.02 Å².